The van der Waals surface area contributed by atoms with Gasteiger partial charge in [-0.25, -0.2) is 4.79 Å². The highest BCUT2D eigenvalue weighted by Crippen LogP contribution is 2.07. The second-order valence-electron chi connectivity index (χ2n) is 4.67. The Morgan fingerprint density at radius 2 is 2.00 bits per heavy atom. The summed E-state index contributed by atoms with van der Waals surface area (Å²) >= 11 is 0. The molecule has 0 unspecified atom stereocenters. The number of nitrogens with one attached hydrogen (secondary N) is 1. The number of esters is 1. The molecule has 0 saturated heterocycles. The molecule has 0 aromatic carbocycles. The smallest absolute Gasteiger partial charge is 0.326 e. The third-order valence-electron chi connectivity index (χ3n) is 2.57. The van der Waals surface area contributed by atoms with E-state index in [1.54, 1.807) is 26.0 Å². The number of nitrogens with two attached hydrogens (primary N) is 1. The number of ether oxygens (including phenoxy) is 1. The molecule has 0 fully saturated rings. The SMILES string of the molecule is CC(C)[C@@H](OC(=O)Cn1ccccc1=O)C(=O)NC(N)=O. The molecule has 114 valence electrons. The number of amides is 3. The Balaban J connectivity index is 2.74. The molecular formula is C13H17N3O5. The van der Waals surface area contributed by atoms with E-state index in [1.165, 1.54) is 12.3 Å². The lowest BCUT2D eigenvalue weighted by molar-refractivity contribution is -0.158. The van der Waals surface area contributed by atoms with Crippen molar-refractivity contribution in [3.05, 3.63) is 34.7 Å². The lowest BCUT2D eigenvalue weighted by Gasteiger charge is -2.20. The minimum Gasteiger partial charge on any atom is -0.451 e. The first-order chi connectivity index (χ1) is 9.81. The van der Waals surface area contributed by atoms with Gasteiger partial charge in [-0.1, -0.05) is 19.9 Å². The van der Waals surface area contributed by atoms with E-state index in [4.69, 9.17) is 10.5 Å². The van der Waals surface area contributed by atoms with Gasteiger partial charge in [-0.3, -0.25) is 19.7 Å². The van der Waals surface area contributed by atoms with Gasteiger partial charge >= 0.3 is 12.0 Å². The highest BCUT2D eigenvalue weighted by atomic mass is 16.5. The second-order valence-corrected chi connectivity index (χ2v) is 4.67. The third-order valence-corrected chi connectivity index (χ3v) is 2.57. The summed E-state index contributed by atoms with van der Waals surface area (Å²) in [5, 5.41) is 1.86. The summed E-state index contributed by atoms with van der Waals surface area (Å²) in [6.45, 7) is 2.97. The van der Waals surface area contributed by atoms with E-state index in [2.05, 4.69) is 0 Å². The number of hydrogen-bond acceptors (Lipinski definition) is 5. The summed E-state index contributed by atoms with van der Waals surface area (Å²) in [4.78, 5) is 45.6. The molecule has 3 amide bonds. The van der Waals surface area contributed by atoms with E-state index < -0.39 is 24.0 Å². The van der Waals surface area contributed by atoms with Crippen LogP contribution in [0.3, 0.4) is 0 Å². The summed E-state index contributed by atoms with van der Waals surface area (Å²) in [6.07, 6.45) is 0.265. The lowest BCUT2D eigenvalue weighted by atomic mass is 10.1. The van der Waals surface area contributed by atoms with Crippen LogP contribution < -0.4 is 16.6 Å². The monoisotopic (exact) mass is 295 g/mol. The molecule has 0 aliphatic carbocycles. The summed E-state index contributed by atoms with van der Waals surface area (Å²) in [7, 11) is 0. The molecule has 0 aliphatic heterocycles. The van der Waals surface area contributed by atoms with E-state index >= 15 is 0 Å². The fourth-order valence-electron chi connectivity index (χ4n) is 1.59. The Kier molecular flexibility index (Phi) is 5.65. The molecule has 1 aromatic heterocycles. The number of primary amides is 1. The average molecular weight is 295 g/mol. The maximum atomic E-state index is 11.8. The van der Waals surface area contributed by atoms with Crippen LogP contribution in [0.4, 0.5) is 4.79 Å². The van der Waals surface area contributed by atoms with Crippen LogP contribution in [-0.2, 0) is 20.9 Å². The summed E-state index contributed by atoms with van der Waals surface area (Å²) in [6, 6.07) is 3.41. The van der Waals surface area contributed by atoms with Gasteiger partial charge < -0.3 is 15.0 Å². The molecule has 0 spiro atoms. The summed E-state index contributed by atoms with van der Waals surface area (Å²) < 4.78 is 6.16. The van der Waals surface area contributed by atoms with Crippen molar-refractivity contribution in [2.45, 2.75) is 26.5 Å². The van der Waals surface area contributed by atoms with Crippen LogP contribution in [0.1, 0.15) is 13.8 Å². The molecule has 1 aromatic rings. The van der Waals surface area contributed by atoms with Gasteiger partial charge in [0.2, 0.25) is 0 Å². The van der Waals surface area contributed by atoms with Crippen molar-refractivity contribution < 1.29 is 19.1 Å². The van der Waals surface area contributed by atoms with Gasteiger partial charge in [0, 0.05) is 12.3 Å². The first-order valence-electron chi connectivity index (χ1n) is 6.26. The van der Waals surface area contributed by atoms with Gasteiger partial charge in [-0.05, 0) is 12.0 Å². The van der Waals surface area contributed by atoms with Gasteiger partial charge in [-0.15, -0.1) is 0 Å². The largest absolute Gasteiger partial charge is 0.451 e. The minimum atomic E-state index is -1.16. The highest BCUT2D eigenvalue weighted by Gasteiger charge is 2.27. The molecule has 0 aliphatic rings. The Morgan fingerprint density at radius 3 is 2.52 bits per heavy atom. The lowest BCUT2D eigenvalue weighted by Crippen LogP contribution is -2.46. The van der Waals surface area contributed by atoms with Crippen molar-refractivity contribution >= 4 is 17.9 Å². The van der Waals surface area contributed by atoms with Crippen molar-refractivity contribution in [3.63, 3.8) is 0 Å². The van der Waals surface area contributed by atoms with Crippen LogP contribution in [0.2, 0.25) is 0 Å². The number of aromatic nitrogens is 1. The Bertz CT molecular complexity index is 593. The number of nitrogens with zero attached hydrogens (tertiary/aromatic N) is 1. The Hall–Kier alpha value is -2.64. The second kappa shape index (κ2) is 7.22. The van der Waals surface area contributed by atoms with E-state index in [1.807, 2.05) is 5.32 Å². The molecule has 0 saturated carbocycles. The van der Waals surface area contributed by atoms with Crippen molar-refractivity contribution in [1.29, 1.82) is 0 Å². The quantitative estimate of drug-likeness (QED) is 0.717. The minimum absolute atomic E-state index is 0.327. The van der Waals surface area contributed by atoms with Crippen LogP contribution in [0.15, 0.2) is 29.2 Å². The van der Waals surface area contributed by atoms with Crippen molar-refractivity contribution in [2.24, 2.45) is 11.7 Å². The number of hydrogen-bond donors (Lipinski definition) is 2. The van der Waals surface area contributed by atoms with Gasteiger partial charge in [0.1, 0.15) is 6.54 Å². The molecule has 1 atom stereocenters. The molecule has 1 rings (SSSR count). The van der Waals surface area contributed by atoms with Crippen molar-refractivity contribution in [3.8, 4) is 0 Å². The average Bonchev–Trinajstić information content (AvgIpc) is 2.37. The van der Waals surface area contributed by atoms with Crippen molar-refractivity contribution in [2.75, 3.05) is 0 Å². The molecular weight excluding hydrogens is 278 g/mol. The van der Waals surface area contributed by atoms with Crippen LogP contribution in [0.5, 0.6) is 0 Å². The standard InChI is InChI=1S/C13H17N3O5/c1-8(2)11(12(19)15-13(14)20)21-10(18)7-16-6-4-3-5-9(16)17/h3-6,8,11H,7H2,1-2H3,(H3,14,15,19,20)/t11-/m1/s1. The fourth-order valence-corrected chi connectivity index (χ4v) is 1.59. The molecule has 1 heterocycles. The van der Waals surface area contributed by atoms with Crippen LogP contribution in [0.25, 0.3) is 0 Å². The third kappa shape index (κ3) is 5.09. The van der Waals surface area contributed by atoms with E-state index in [0.29, 0.717) is 0 Å². The molecule has 8 nitrogen and oxygen atoms in total. The van der Waals surface area contributed by atoms with Gasteiger partial charge in [-0.2, -0.15) is 0 Å². The maximum absolute atomic E-state index is 11.8. The molecule has 3 N–H and O–H groups in total. The molecule has 0 bridgehead atoms. The number of imide groups is 1. The molecule has 8 heteroatoms. The molecule has 0 radical (unpaired) electrons. The van der Waals surface area contributed by atoms with Crippen molar-refractivity contribution in [1.82, 2.24) is 9.88 Å². The van der Waals surface area contributed by atoms with E-state index in [-0.39, 0.29) is 18.0 Å². The van der Waals surface area contributed by atoms with E-state index in [9.17, 15) is 19.2 Å². The zero-order chi connectivity index (χ0) is 16.0. The number of urea groups is 1. The van der Waals surface area contributed by atoms with Crippen LogP contribution in [-0.4, -0.2) is 28.6 Å². The number of pyridine rings is 1. The Labute approximate surface area is 120 Å². The molecule has 21 heavy (non-hydrogen) atoms. The number of rotatable bonds is 5. The van der Waals surface area contributed by atoms with Gasteiger partial charge in [0.15, 0.2) is 6.10 Å². The predicted molar refractivity (Wildman–Crippen MR) is 73.1 cm³/mol. The first-order valence-corrected chi connectivity index (χ1v) is 6.26. The van der Waals surface area contributed by atoms with Gasteiger partial charge in [0.25, 0.3) is 11.5 Å². The van der Waals surface area contributed by atoms with Crippen LogP contribution >= 0.6 is 0 Å². The first kappa shape index (κ1) is 16.4. The van der Waals surface area contributed by atoms with Gasteiger partial charge in [0.05, 0.1) is 0 Å². The normalized spacial score (nSPS) is 11.8. The fraction of sp³-hybridized carbons (Fsp3) is 0.385. The zero-order valence-electron chi connectivity index (χ0n) is 11.7. The summed E-state index contributed by atoms with van der Waals surface area (Å²) in [5.74, 6) is -1.92. The Morgan fingerprint density at radius 1 is 1.33 bits per heavy atom. The summed E-state index contributed by atoms with van der Waals surface area (Å²) in [5.41, 5.74) is 4.48. The van der Waals surface area contributed by atoms with E-state index in [0.717, 1.165) is 4.57 Å². The maximum Gasteiger partial charge on any atom is 0.326 e. The predicted octanol–water partition coefficient (Wildman–Crippen LogP) is -0.389. The topological polar surface area (TPSA) is 120 Å². The number of carbonyl (C=O) groups excluding carboxylic acids is 3. The van der Waals surface area contributed by atoms with Crippen LogP contribution in [0, 0.1) is 5.92 Å². The number of carbonyl (C=O) groups is 3. The zero-order valence-corrected chi connectivity index (χ0v) is 11.7. The highest BCUT2D eigenvalue weighted by molar-refractivity contribution is 5.96.